The molecule has 1 heterocycles. The zero-order chi connectivity index (χ0) is 22.5. The number of anilines is 1. The van der Waals surface area contributed by atoms with Crippen LogP contribution < -0.4 is 10.1 Å². The van der Waals surface area contributed by atoms with E-state index in [9.17, 15) is 14.9 Å². The fraction of sp³-hybridized carbons (Fsp3) is 0.286. The number of thioether (sulfide) groups is 1. The molecule has 1 N–H and O–H groups in total. The molecule has 0 atom stereocenters. The Morgan fingerprint density at radius 2 is 1.77 bits per heavy atom. The van der Waals surface area contributed by atoms with Gasteiger partial charge in [0.05, 0.1) is 10.7 Å². The van der Waals surface area contributed by atoms with Crippen molar-refractivity contribution in [1.29, 1.82) is 0 Å². The third kappa shape index (κ3) is 6.05. The molecule has 0 radical (unpaired) electrons. The number of carbonyl (C=O) groups excluding carboxylic acids is 1. The molecule has 0 spiro atoms. The summed E-state index contributed by atoms with van der Waals surface area (Å²) in [5.41, 5.74) is 3.60. The highest BCUT2D eigenvalue weighted by Crippen LogP contribution is 2.30. The lowest BCUT2D eigenvalue weighted by atomic mass is 10.1. The maximum absolute atomic E-state index is 12.3. The van der Waals surface area contributed by atoms with Gasteiger partial charge in [0.15, 0.2) is 6.61 Å². The predicted octanol–water partition coefficient (Wildman–Crippen LogP) is 4.52. The van der Waals surface area contributed by atoms with Gasteiger partial charge in [-0.15, -0.1) is 10.2 Å². The molecule has 3 rings (SSSR count). The number of nitro groups is 1. The van der Waals surface area contributed by atoms with E-state index in [1.165, 1.54) is 6.07 Å². The van der Waals surface area contributed by atoms with E-state index in [1.54, 1.807) is 19.9 Å². The molecule has 3 aromatic rings. The van der Waals surface area contributed by atoms with Crippen LogP contribution in [-0.2, 0) is 11.4 Å². The van der Waals surface area contributed by atoms with Gasteiger partial charge in [0, 0.05) is 6.07 Å². The zero-order valence-corrected chi connectivity index (χ0v) is 18.4. The summed E-state index contributed by atoms with van der Waals surface area (Å²) in [5, 5.41) is 21.9. The molecular weight excluding hydrogens is 420 g/mol. The molecule has 1 amide bonds. The Bertz CT molecular complexity index is 1110. The summed E-state index contributed by atoms with van der Waals surface area (Å²) in [7, 11) is 0. The fourth-order valence-electron chi connectivity index (χ4n) is 3.07. The minimum atomic E-state index is -0.511. The van der Waals surface area contributed by atoms with Crippen LogP contribution in [-0.4, -0.2) is 26.8 Å². The summed E-state index contributed by atoms with van der Waals surface area (Å²) >= 11 is 1.04. The van der Waals surface area contributed by atoms with Crippen molar-refractivity contribution in [2.24, 2.45) is 0 Å². The van der Waals surface area contributed by atoms with E-state index in [0.717, 1.165) is 28.5 Å². The van der Waals surface area contributed by atoms with Crippen molar-refractivity contribution in [2.45, 2.75) is 39.5 Å². The third-order valence-electron chi connectivity index (χ3n) is 4.25. The largest absolute Gasteiger partial charge is 0.484 e. The monoisotopic (exact) mass is 442 g/mol. The van der Waals surface area contributed by atoms with Crippen LogP contribution in [0.4, 0.5) is 11.4 Å². The van der Waals surface area contributed by atoms with Gasteiger partial charge >= 0.3 is 0 Å². The number of hydrogen-bond acceptors (Lipinski definition) is 8. The summed E-state index contributed by atoms with van der Waals surface area (Å²) in [5.74, 6) is 0.544. The number of amides is 1. The second-order valence-electron chi connectivity index (χ2n) is 7.14. The summed E-state index contributed by atoms with van der Waals surface area (Å²) < 4.78 is 11.2. The van der Waals surface area contributed by atoms with E-state index in [1.807, 2.05) is 32.0 Å². The molecule has 2 aromatic carbocycles. The van der Waals surface area contributed by atoms with Gasteiger partial charge in [-0.1, -0.05) is 23.9 Å². The van der Waals surface area contributed by atoms with Gasteiger partial charge in [-0.3, -0.25) is 14.9 Å². The van der Waals surface area contributed by atoms with Gasteiger partial charge in [0.1, 0.15) is 11.4 Å². The second kappa shape index (κ2) is 9.61. The molecule has 0 saturated carbocycles. The smallest absolute Gasteiger partial charge is 0.293 e. The number of ether oxygens (including phenoxy) is 1. The lowest BCUT2D eigenvalue weighted by Crippen LogP contribution is -2.16. The maximum atomic E-state index is 12.3. The van der Waals surface area contributed by atoms with Gasteiger partial charge < -0.3 is 14.5 Å². The lowest BCUT2D eigenvalue weighted by Gasteiger charge is -2.09. The molecule has 0 bridgehead atoms. The zero-order valence-electron chi connectivity index (χ0n) is 17.6. The van der Waals surface area contributed by atoms with Crippen LogP contribution in [0.5, 0.6) is 5.75 Å². The van der Waals surface area contributed by atoms with Gasteiger partial charge in [-0.25, -0.2) is 0 Å². The first-order valence-electron chi connectivity index (χ1n) is 9.43. The molecular formula is C21H22N4O5S. The van der Waals surface area contributed by atoms with E-state index >= 15 is 0 Å². The average molecular weight is 442 g/mol. The van der Waals surface area contributed by atoms with Crippen molar-refractivity contribution >= 4 is 29.0 Å². The summed E-state index contributed by atoms with van der Waals surface area (Å²) in [6.45, 7) is 7.55. The van der Waals surface area contributed by atoms with Crippen molar-refractivity contribution in [3.8, 4) is 5.75 Å². The van der Waals surface area contributed by atoms with Crippen molar-refractivity contribution < 1.29 is 18.9 Å². The van der Waals surface area contributed by atoms with E-state index < -0.39 is 10.8 Å². The predicted molar refractivity (Wildman–Crippen MR) is 116 cm³/mol. The number of hydrogen-bond donors (Lipinski definition) is 1. The molecule has 0 aliphatic rings. The molecule has 1 aromatic heterocycles. The molecule has 0 aliphatic heterocycles. The van der Waals surface area contributed by atoms with Crippen LogP contribution in [0.15, 0.2) is 40.0 Å². The fourth-order valence-corrected chi connectivity index (χ4v) is 3.65. The Morgan fingerprint density at radius 1 is 1.10 bits per heavy atom. The van der Waals surface area contributed by atoms with Crippen LogP contribution in [0, 0.1) is 37.8 Å². The Hall–Kier alpha value is -3.40. The van der Waals surface area contributed by atoms with E-state index in [4.69, 9.17) is 9.15 Å². The van der Waals surface area contributed by atoms with Gasteiger partial charge in [-0.2, -0.15) is 0 Å². The van der Waals surface area contributed by atoms with Gasteiger partial charge in [0.25, 0.3) is 16.8 Å². The first kappa shape index (κ1) is 22.3. The Kier molecular flexibility index (Phi) is 6.91. The van der Waals surface area contributed by atoms with Gasteiger partial charge in [0.2, 0.25) is 5.91 Å². The second-order valence-corrected chi connectivity index (χ2v) is 8.07. The first-order chi connectivity index (χ1) is 14.7. The minimum absolute atomic E-state index is 0.0377. The number of aromatic nitrogens is 2. The molecule has 9 nitrogen and oxygen atoms in total. The molecule has 0 saturated heterocycles. The molecule has 10 heteroatoms. The van der Waals surface area contributed by atoms with Crippen LogP contribution >= 0.6 is 11.8 Å². The average Bonchev–Trinajstić information content (AvgIpc) is 3.14. The van der Waals surface area contributed by atoms with Crippen molar-refractivity contribution in [3.63, 3.8) is 0 Å². The molecule has 31 heavy (non-hydrogen) atoms. The summed E-state index contributed by atoms with van der Waals surface area (Å²) in [6, 6.07) is 9.07. The topological polar surface area (TPSA) is 120 Å². The number of nitrogens with one attached hydrogen (secondary N) is 1. The Morgan fingerprint density at radius 3 is 2.45 bits per heavy atom. The number of carbonyl (C=O) groups is 1. The molecule has 0 unspecified atom stereocenters. The van der Waals surface area contributed by atoms with E-state index in [2.05, 4.69) is 15.5 Å². The number of aryl methyl sites for hydroxylation is 4. The minimum Gasteiger partial charge on any atom is -0.484 e. The molecule has 0 fully saturated rings. The number of benzene rings is 2. The highest BCUT2D eigenvalue weighted by molar-refractivity contribution is 7.99. The summed E-state index contributed by atoms with van der Waals surface area (Å²) in [6.07, 6.45) is 0. The highest BCUT2D eigenvalue weighted by Gasteiger charge is 2.19. The molecule has 0 aliphatic carbocycles. The normalized spacial score (nSPS) is 10.7. The molecule has 162 valence electrons. The number of nitrogens with zero attached hydrogens (tertiary/aromatic N) is 3. The maximum Gasteiger partial charge on any atom is 0.293 e. The Labute approximate surface area is 183 Å². The van der Waals surface area contributed by atoms with E-state index in [-0.39, 0.29) is 34.8 Å². The van der Waals surface area contributed by atoms with Crippen LogP contribution in [0.1, 0.15) is 28.1 Å². The van der Waals surface area contributed by atoms with Crippen LogP contribution in [0.25, 0.3) is 0 Å². The lowest BCUT2D eigenvalue weighted by molar-refractivity contribution is -0.384. The van der Waals surface area contributed by atoms with Crippen LogP contribution in [0.2, 0.25) is 0 Å². The summed E-state index contributed by atoms with van der Waals surface area (Å²) in [4.78, 5) is 23.1. The Balaban J connectivity index is 1.56. The number of nitro benzene ring substituents is 1. The SMILES string of the molecule is Cc1cc(C)cc(OCc2nnc(SCC(=O)Nc3c(C)cc(C)cc3[N+](=O)[O-])o2)c1. The first-order valence-corrected chi connectivity index (χ1v) is 10.4. The van der Waals surface area contributed by atoms with Gasteiger partial charge in [-0.05, 0) is 62.1 Å². The van der Waals surface area contributed by atoms with E-state index in [0.29, 0.717) is 11.3 Å². The highest BCUT2D eigenvalue weighted by atomic mass is 32.2. The van der Waals surface area contributed by atoms with Crippen molar-refractivity contribution in [1.82, 2.24) is 10.2 Å². The third-order valence-corrected chi connectivity index (χ3v) is 5.07. The quantitative estimate of drug-likeness (QED) is 0.307. The standard InChI is InChI=1S/C21H22N4O5S/c1-12-5-13(2)8-16(7-12)29-10-19-23-24-21(30-19)31-11-18(26)22-20-15(4)6-14(3)9-17(20)25(27)28/h5-9H,10-11H2,1-4H3,(H,22,26). The van der Waals surface area contributed by atoms with Crippen LogP contribution in [0.3, 0.4) is 0 Å². The van der Waals surface area contributed by atoms with Crippen molar-refractivity contribution in [3.05, 3.63) is 68.6 Å². The number of rotatable bonds is 8. The van der Waals surface area contributed by atoms with Crippen molar-refractivity contribution in [2.75, 3.05) is 11.1 Å².